The molecular weight excluding hydrogens is 310 g/mol. The van der Waals surface area contributed by atoms with Gasteiger partial charge in [0.05, 0.1) is 6.20 Å². The second kappa shape index (κ2) is 6.46. The lowest BCUT2D eigenvalue weighted by Gasteiger charge is -2.27. The molecule has 24 heavy (non-hydrogen) atoms. The predicted octanol–water partition coefficient (Wildman–Crippen LogP) is 1.89. The highest BCUT2D eigenvalue weighted by Gasteiger charge is 2.25. The summed E-state index contributed by atoms with van der Waals surface area (Å²) in [5.74, 6) is -0.441. The molecule has 2 heterocycles. The van der Waals surface area contributed by atoms with Crippen molar-refractivity contribution in [2.24, 2.45) is 5.92 Å². The third-order valence-electron chi connectivity index (χ3n) is 4.30. The molecule has 2 atom stereocenters. The molecule has 2 aromatic heterocycles. The highest BCUT2D eigenvalue weighted by molar-refractivity contribution is 5.96. The minimum absolute atomic E-state index is 0.0515. The summed E-state index contributed by atoms with van der Waals surface area (Å²) in [7, 11) is 0. The van der Waals surface area contributed by atoms with Gasteiger partial charge in [0, 0.05) is 6.04 Å². The fourth-order valence-electron chi connectivity index (χ4n) is 3.08. The van der Waals surface area contributed by atoms with Crippen LogP contribution in [-0.4, -0.2) is 42.1 Å². The van der Waals surface area contributed by atoms with E-state index in [2.05, 4.69) is 32.2 Å². The Morgan fingerprint density at radius 1 is 1.33 bits per heavy atom. The van der Waals surface area contributed by atoms with Gasteiger partial charge in [0.1, 0.15) is 11.5 Å². The first-order valence-electron chi connectivity index (χ1n) is 8.07. The van der Waals surface area contributed by atoms with Crippen LogP contribution in [0.5, 0.6) is 11.6 Å². The Kier molecular flexibility index (Phi) is 4.37. The lowest BCUT2D eigenvalue weighted by Crippen LogP contribution is -2.38. The summed E-state index contributed by atoms with van der Waals surface area (Å²) in [6.07, 6.45) is 5.53. The number of imidazole rings is 1. The lowest BCUT2D eigenvalue weighted by molar-refractivity contribution is 0.0912. The van der Waals surface area contributed by atoms with E-state index >= 15 is 0 Å². The van der Waals surface area contributed by atoms with E-state index in [0.29, 0.717) is 17.4 Å². The quantitative estimate of drug-likeness (QED) is 0.681. The zero-order valence-corrected chi connectivity index (χ0v) is 13.7. The number of aryl methyl sites for hydroxylation is 1. The lowest BCUT2D eigenvalue weighted by atomic mass is 9.87. The predicted molar refractivity (Wildman–Crippen MR) is 86.6 cm³/mol. The van der Waals surface area contributed by atoms with Gasteiger partial charge in [0.2, 0.25) is 5.75 Å². The van der Waals surface area contributed by atoms with Crippen LogP contribution in [0.15, 0.2) is 6.20 Å². The number of aromatic hydroxyl groups is 2. The summed E-state index contributed by atoms with van der Waals surface area (Å²) >= 11 is 0. The molecule has 128 valence electrons. The molecule has 4 N–H and O–H groups in total. The normalized spacial score (nSPS) is 20.8. The van der Waals surface area contributed by atoms with E-state index in [-0.39, 0.29) is 17.6 Å². The van der Waals surface area contributed by atoms with Gasteiger partial charge in [0.15, 0.2) is 11.5 Å². The first-order valence-corrected chi connectivity index (χ1v) is 8.07. The Hall–Kier alpha value is -2.64. The van der Waals surface area contributed by atoms with E-state index in [4.69, 9.17) is 0 Å². The van der Waals surface area contributed by atoms with Crippen molar-refractivity contribution >= 4 is 5.91 Å². The maximum Gasteiger partial charge on any atom is 0.274 e. The third-order valence-corrected chi connectivity index (χ3v) is 4.30. The second-order valence-corrected chi connectivity index (χ2v) is 6.39. The molecule has 0 saturated heterocycles. The van der Waals surface area contributed by atoms with Crippen LogP contribution >= 0.6 is 0 Å². The van der Waals surface area contributed by atoms with E-state index in [1.807, 2.05) is 0 Å². The first kappa shape index (κ1) is 16.2. The summed E-state index contributed by atoms with van der Waals surface area (Å²) in [6.45, 7) is 3.92. The molecular formula is C16H21N5O3. The monoisotopic (exact) mass is 331 g/mol. The van der Waals surface area contributed by atoms with Gasteiger partial charge in [-0.1, -0.05) is 19.8 Å². The maximum atomic E-state index is 12.5. The maximum absolute atomic E-state index is 12.5. The van der Waals surface area contributed by atoms with Crippen LogP contribution < -0.4 is 5.32 Å². The molecule has 8 nitrogen and oxygen atoms in total. The van der Waals surface area contributed by atoms with Crippen molar-refractivity contribution in [1.82, 2.24) is 25.3 Å². The smallest absolute Gasteiger partial charge is 0.274 e. The van der Waals surface area contributed by atoms with Crippen molar-refractivity contribution in [2.45, 2.75) is 45.6 Å². The summed E-state index contributed by atoms with van der Waals surface area (Å²) in [5, 5.41) is 22.7. The molecule has 0 aromatic carbocycles. The number of amides is 1. The second-order valence-electron chi connectivity index (χ2n) is 6.39. The molecule has 3 rings (SSSR count). The molecule has 1 amide bonds. The number of nitrogens with zero attached hydrogens (tertiary/aromatic N) is 3. The van der Waals surface area contributed by atoms with Gasteiger partial charge in [-0.15, -0.1) is 0 Å². The highest BCUT2D eigenvalue weighted by Crippen LogP contribution is 2.29. The molecule has 0 radical (unpaired) electrons. The van der Waals surface area contributed by atoms with E-state index < -0.39 is 17.5 Å². The summed E-state index contributed by atoms with van der Waals surface area (Å²) < 4.78 is 0. The van der Waals surface area contributed by atoms with E-state index in [0.717, 1.165) is 25.7 Å². The SMILES string of the molecule is Cc1ncc(-c2nc(O)c(O)c(C(=O)NC3CCCC(C)C3)n2)[nH]1. The standard InChI is InChI=1S/C16H21N5O3/c1-8-4-3-5-10(6-8)19-15(23)12-13(22)16(24)21-14(20-12)11-7-17-9(2)18-11/h7-8,10,22H,3-6H2,1-2H3,(H,17,18)(H,19,23)(H,20,21,24). The molecule has 1 saturated carbocycles. The Balaban J connectivity index is 1.86. The van der Waals surface area contributed by atoms with Crippen LogP contribution in [0, 0.1) is 12.8 Å². The number of aromatic amines is 1. The highest BCUT2D eigenvalue weighted by atomic mass is 16.3. The van der Waals surface area contributed by atoms with Gasteiger partial charge in [0.25, 0.3) is 11.8 Å². The molecule has 0 spiro atoms. The topological polar surface area (TPSA) is 124 Å². The van der Waals surface area contributed by atoms with Crippen molar-refractivity contribution in [3.05, 3.63) is 17.7 Å². The Labute approximate surface area is 139 Å². The molecule has 8 heteroatoms. The Bertz CT molecular complexity index is 758. The number of hydrogen-bond donors (Lipinski definition) is 4. The van der Waals surface area contributed by atoms with Gasteiger partial charge >= 0.3 is 0 Å². The van der Waals surface area contributed by atoms with Crippen molar-refractivity contribution in [3.63, 3.8) is 0 Å². The first-order chi connectivity index (χ1) is 11.4. The Morgan fingerprint density at radius 3 is 2.79 bits per heavy atom. The van der Waals surface area contributed by atoms with Crippen molar-refractivity contribution in [3.8, 4) is 23.1 Å². The fraction of sp³-hybridized carbons (Fsp3) is 0.500. The summed E-state index contributed by atoms with van der Waals surface area (Å²) in [6, 6.07) is 0.0515. The number of rotatable bonds is 3. The molecule has 0 aliphatic heterocycles. The van der Waals surface area contributed by atoms with Crippen LogP contribution in [0.1, 0.15) is 48.9 Å². The zero-order chi connectivity index (χ0) is 17.3. The number of H-pyrrole nitrogens is 1. The minimum atomic E-state index is -0.630. The minimum Gasteiger partial charge on any atom is -0.501 e. The van der Waals surface area contributed by atoms with Crippen LogP contribution in [0.3, 0.4) is 0 Å². The third kappa shape index (κ3) is 3.32. The number of carbonyl (C=O) groups excluding carboxylic acids is 1. The molecule has 1 fully saturated rings. The average molecular weight is 331 g/mol. The van der Waals surface area contributed by atoms with Crippen LogP contribution in [0.25, 0.3) is 11.5 Å². The molecule has 2 unspecified atom stereocenters. The van der Waals surface area contributed by atoms with Gasteiger partial charge in [-0.3, -0.25) is 4.79 Å². The fourth-order valence-corrected chi connectivity index (χ4v) is 3.08. The zero-order valence-electron chi connectivity index (χ0n) is 13.7. The van der Waals surface area contributed by atoms with Crippen molar-refractivity contribution < 1.29 is 15.0 Å². The summed E-state index contributed by atoms with van der Waals surface area (Å²) in [4.78, 5) is 27.4. The van der Waals surface area contributed by atoms with Gasteiger partial charge < -0.3 is 20.5 Å². The van der Waals surface area contributed by atoms with Crippen LogP contribution in [-0.2, 0) is 0 Å². The van der Waals surface area contributed by atoms with E-state index in [1.165, 1.54) is 6.20 Å². The molecule has 1 aliphatic rings. The molecule has 1 aliphatic carbocycles. The van der Waals surface area contributed by atoms with Crippen molar-refractivity contribution in [1.29, 1.82) is 0 Å². The number of aromatic nitrogens is 4. The van der Waals surface area contributed by atoms with Gasteiger partial charge in [-0.25, -0.2) is 9.97 Å². The van der Waals surface area contributed by atoms with Crippen LogP contribution in [0.4, 0.5) is 0 Å². The average Bonchev–Trinajstić information content (AvgIpc) is 2.96. The Morgan fingerprint density at radius 2 is 2.12 bits per heavy atom. The molecule has 2 aromatic rings. The molecule has 0 bridgehead atoms. The number of carbonyl (C=O) groups is 1. The van der Waals surface area contributed by atoms with E-state index in [1.54, 1.807) is 6.92 Å². The van der Waals surface area contributed by atoms with Crippen molar-refractivity contribution in [2.75, 3.05) is 0 Å². The van der Waals surface area contributed by atoms with Gasteiger partial charge in [-0.2, -0.15) is 4.98 Å². The number of hydrogen-bond acceptors (Lipinski definition) is 6. The van der Waals surface area contributed by atoms with Crippen LogP contribution in [0.2, 0.25) is 0 Å². The number of nitrogens with one attached hydrogen (secondary N) is 2. The van der Waals surface area contributed by atoms with Gasteiger partial charge in [-0.05, 0) is 25.7 Å². The van der Waals surface area contributed by atoms with E-state index in [9.17, 15) is 15.0 Å². The largest absolute Gasteiger partial charge is 0.501 e. The summed E-state index contributed by atoms with van der Waals surface area (Å²) in [5.41, 5.74) is 0.228.